The zero-order valence-corrected chi connectivity index (χ0v) is 20.3. The van der Waals surface area contributed by atoms with E-state index in [1.54, 1.807) is 11.6 Å². The molecule has 6 rings (SSSR count). The summed E-state index contributed by atoms with van der Waals surface area (Å²) in [5.74, 6) is 2.88. The molecule has 0 spiro atoms. The van der Waals surface area contributed by atoms with Crippen LogP contribution in [-0.2, 0) is 11.2 Å². The Labute approximate surface area is 208 Å². The molecule has 1 amide bonds. The van der Waals surface area contributed by atoms with Gasteiger partial charge in [-0.1, -0.05) is 36.4 Å². The van der Waals surface area contributed by atoms with E-state index in [9.17, 15) is 4.79 Å². The molecule has 5 nitrogen and oxygen atoms in total. The van der Waals surface area contributed by atoms with Gasteiger partial charge < -0.3 is 19.3 Å². The number of ether oxygens (including phenoxy) is 2. The molecule has 4 aliphatic rings. The van der Waals surface area contributed by atoms with E-state index in [1.807, 2.05) is 29.2 Å². The van der Waals surface area contributed by atoms with E-state index in [-0.39, 0.29) is 12.7 Å². The fourth-order valence-electron chi connectivity index (χ4n) is 6.19. The fraction of sp³-hybridized carbons (Fsp3) is 0.433. The Hall–Kier alpha value is -3.05. The minimum Gasteiger partial charge on any atom is -0.454 e. The number of nitrogens with zero attached hydrogens (tertiary/aromatic N) is 2. The smallest absolute Gasteiger partial charge is 0.246 e. The number of rotatable bonds is 5. The van der Waals surface area contributed by atoms with Crippen LogP contribution in [-0.4, -0.2) is 55.2 Å². The SMILES string of the molecule is O=C(/C=C/c1ccc2c(c1)OCO2)N1CCC[C@H](CN2CCC(C3=CCc4ccccc43)CC2)C1. The van der Waals surface area contributed by atoms with Crippen LogP contribution in [0.1, 0.15) is 42.4 Å². The van der Waals surface area contributed by atoms with Crippen LogP contribution in [0.15, 0.2) is 54.6 Å². The van der Waals surface area contributed by atoms with Crippen molar-refractivity contribution in [2.24, 2.45) is 11.8 Å². The number of amides is 1. The van der Waals surface area contributed by atoms with Crippen LogP contribution >= 0.6 is 0 Å². The predicted molar refractivity (Wildman–Crippen MR) is 138 cm³/mol. The van der Waals surface area contributed by atoms with Gasteiger partial charge in [-0.25, -0.2) is 0 Å². The lowest BCUT2D eigenvalue weighted by molar-refractivity contribution is -0.127. The van der Waals surface area contributed by atoms with Crippen LogP contribution in [0, 0.1) is 11.8 Å². The fourth-order valence-corrected chi connectivity index (χ4v) is 6.19. The number of benzene rings is 2. The first-order chi connectivity index (χ1) is 17.2. The molecule has 2 saturated heterocycles. The largest absolute Gasteiger partial charge is 0.454 e. The molecule has 0 aromatic heterocycles. The molecule has 1 atom stereocenters. The highest BCUT2D eigenvalue weighted by molar-refractivity contribution is 5.92. The summed E-state index contributed by atoms with van der Waals surface area (Å²) < 4.78 is 10.8. The first-order valence-corrected chi connectivity index (χ1v) is 13.1. The Balaban J connectivity index is 0.995. The predicted octanol–water partition coefficient (Wildman–Crippen LogP) is 5.02. The molecule has 0 saturated carbocycles. The van der Waals surface area contributed by atoms with Crippen molar-refractivity contribution in [2.45, 2.75) is 32.1 Å². The second-order valence-electron chi connectivity index (χ2n) is 10.3. The quantitative estimate of drug-likeness (QED) is 0.576. The van der Waals surface area contributed by atoms with Gasteiger partial charge in [0.2, 0.25) is 12.7 Å². The molecule has 0 N–H and O–H groups in total. The van der Waals surface area contributed by atoms with Crippen LogP contribution in [0.3, 0.4) is 0 Å². The lowest BCUT2D eigenvalue weighted by atomic mass is 9.85. The number of carbonyl (C=O) groups is 1. The number of allylic oxidation sites excluding steroid dienone is 2. The van der Waals surface area contributed by atoms with Gasteiger partial charge in [-0.15, -0.1) is 0 Å². The average Bonchev–Trinajstić information content (AvgIpc) is 3.55. The van der Waals surface area contributed by atoms with Gasteiger partial charge in [0.1, 0.15) is 0 Å². The van der Waals surface area contributed by atoms with Gasteiger partial charge >= 0.3 is 0 Å². The highest BCUT2D eigenvalue weighted by Crippen LogP contribution is 2.38. The third-order valence-corrected chi connectivity index (χ3v) is 8.06. The minimum atomic E-state index is 0.109. The van der Waals surface area contributed by atoms with Crippen molar-refractivity contribution in [3.63, 3.8) is 0 Å². The van der Waals surface area contributed by atoms with E-state index >= 15 is 0 Å². The molecule has 35 heavy (non-hydrogen) atoms. The molecule has 2 aromatic carbocycles. The monoisotopic (exact) mass is 470 g/mol. The molecule has 2 fully saturated rings. The number of hydrogen-bond donors (Lipinski definition) is 0. The molecule has 5 heteroatoms. The van der Waals surface area contributed by atoms with Gasteiger partial charge in [0.25, 0.3) is 0 Å². The van der Waals surface area contributed by atoms with Gasteiger partial charge in [-0.3, -0.25) is 4.79 Å². The summed E-state index contributed by atoms with van der Waals surface area (Å²) in [5, 5.41) is 0. The van der Waals surface area contributed by atoms with Gasteiger partial charge in [0, 0.05) is 25.7 Å². The summed E-state index contributed by atoms with van der Waals surface area (Å²) in [5.41, 5.74) is 5.52. The topological polar surface area (TPSA) is 42.0 Å². The first-order valence-electron chi connectivity index (χ1n) is 13.1. The van der Waals surface area contributed by atoms with Crippen molar-refractivity contribution in [2.75, 3.05) is 39.5 Å². The summed E-state index contributed by atoms with van der Waals surface area (Å²) in [6.07, 6.45) is 11.9. The van der Waals surface area contributed by atoms with Crippen molar-refractivity contribution < 1.29 is 14.3 Å². The summed E-state index contributed by atoms with van der Waals surface area (Å²) in [4.78, 5) is 17.6. The maximum absolute atomic E-state index is 12.9. The third-order valence-electron chi connectivity index (χ3n) is 8.06. The second kappa shape index (κ2) is 9.90. The van der Waals surface area contributed by atoms with E-state index in [4.69, 9.17) is 9.47 Å². The maximum Gasteiger partial charge on any atom is 0.246 e. The number of fused-ring (bicyclic) bond motifs is 2. The van der Waals surface area contributed by atoms with E-state index < -0.39 is 0 Å². The maximum atomic E-state index is 12.9. The van der Waals surface area contributed by atoms with Gasteiger partial charge in [-0.05, 0) is 97.5 Å². The minimum absolute atomic E-state index is 0.109. The second-order valence-corrected chi connectivity index (χ2v) is 10.3. The van der Waals surface area contributed by atoms with Crippen molar-refractivity contribution in [1.82, 2.24) is 9.80 Å². The normalized spacial score (nSPS) is 22.5. The van der Waals surface area contributed by atoms with Crippen LogP contribution < -0.4 is 9.47 Å². The molecule has 182 valence electrons. The molecular formula is C30H34N2O3. The number of hydrogen-bond acceptors (Lipinski definition) is 4. The van der Waals surface area contributed by atoms with Crippen molar-refractivity contribution >= 4 is 17.6 Å². The van der Waals surface area contributed by atoms with Gasteiger partial charge in [0.05, 0.1) is 0 Å². The summed E-state index contributed by atoms with van der Waals surface area (Å²) >= 11 is 0. The number of carbonyl (C=O) groups excluding carboxylic acids is 1. The Morgan fingerprint density at radius 1 is 1.00 bits per heavy atom. The first kappa shape index (κ1) is 22.4. The van der Waals surface area contributed by atoms with E-state index in [1.165, 1.54) is 43.5 Å². The molecule has 3 heterocycles. The Morgan fingerprint density at radius 2 is 1.86 bits per heavy atom. The van der Waals surface area contributed by atoms with Crippen LogP contribution in [0.4, 0.5) is 0 Å². The number of piperidine rings is 2. The lowest BCUT2D eigenvalue weighted by Crippen LogP contribution is -2.45. The summed E-state index contributed by atoms with van der Waals surface area (Å²) in [6.45, 7) is 5.43. The Morgan fingerprint density at radius 3 is 2.77 bits per heavy atom. The highest BCUT2D eigenvalue weighted by atomic mass is 16.7. The Kier molecular flexibility index (Phi) is 6.34. The van der Waals surface area contributed by atoms with Crippen molar-refractivity contribution in [1.29, 1.82) is 0 Å². The van der Waals surface area contributed by atoms with Gasteiger partial charge in [-0.2, -0.15) is 0 Å². The molecule has 0 bridgehead atoms. The van der Waals surface area contributed by atoms with Crippen LogP contribution in [0.25, 0.3) is 11.6 Å². The molecule has 3 aliphatic heterocycles. The van der Waals surface area contributed by atoms with E-state index in [2.05, 4.69) is 35.2 Å². The van der Waals surface area contributed by atoms with E-state index in [0.717, 1.165) is 49.5 Å². The molecule has 2 aromatic rings. The third kappa shape index (κ3) is 4.87. The molecular weight excluding hydrogens is 436 g/mol. The molecule has 0 radical (unpaired) electrons. The highest BCUT2D eigenvalue weighted by Gasteiger charge is 2.29. The summed E-state index contributed by atoms with van der Waals surface area (Å²) in [7, 11) is 0. The zero-order chi connectivity index (χ0) is 23.6. The standard InChI is InChI=1S/C30H34N2O3/c33-30(12-8-22-7-11-28-29(18-22)35-21-34-28)32-15-3-4-23(20-32)19-31-16-13-25(14-17-31)27-10-9-24-5-1-2-6-26(24)27/h1-2,5-8,10-12,18,23,25H,3-4,9,13-17,19-21H2/b12-8+/t23-/m1/s1. The van der Waals surface area contributed by atoms with E-state index in [0.29, 0.717) is 11.8 Å². The van der Waals surface area contributed by atoms with Crippen LogP contribution in [0.2, 0.25) is 0 Å². The van der Waals surface area contributed by atoms with Gasteiger partial charge in [0.15, 0.2) is 11.5 Å². The van der Waals surface area contributed by atoms with Crippen molar-refractivity contribution in [3.05, 3.63) is 71.3 Å². The number of likely N-dealkylation sites (tertiary alicyclic amines) is 2. The zero-order valence-electron chi connectivity index (χ0n) is 20.3. The average molecular weight is 471 g/mol. The lowest BCUT2D eigenvalue weighted by Gasteiger charge is -2.38. The van der Waals surface area contributed by atoms with Crippen LogP contribution in [0.5, 0.6) is 11.5 Å². The molecule has 1 aliphatic carbocycles. The summed E-state index contributed by atoms with van der Waals surface area (Å²) in [6, 6.07) is 14.7. The molecule has 0 unspecified atom stereocenters. The Bertz CT molecular complexity index is 1150. The van der Waals surface area contributed by atoms with Crippen molar-refractivity contribution in [3.8, 4) is 11.5 Å².